The molecule has 10 nitrogen and oxygen atoms in total. The van der Waals surface area contributed by atoms with Crippen LogP contribution in [0.4, 0.5) is 30.2 Å². The number of anilines is 1. The van der Waals surface area contributed by atoms with E-state index in [1.54, 1.807) is 0 Å². The number of hydrogen-bond donors (Lipinski definition) is 2. The monoisotopic (exact) mass is 400 g/mol. The normalized spacial score (nSPS) is 11.4. The Balaban J connectivity index is 2.34. The van der Waals surface area contributed by atoms with Crippen molar-refractivity contribution in [3.63, 3.8) is 0 Å². The number of nitrogens with one attached hydrogen (secondary N) is 1. The van der Waals surface area contributed by atoms with Crippen molar-refractivity contribution >= 4 is 23.3 Å². The molecule has 0 saturated heterocycles. The predicted octanol–water partition coefficient (Wildman–Crippen LogP) is 3.68. The molecule has 0 amide bonds. The number of ether oxygens (including phenoxy) is 1. The number of nitro groups is 2. The maximum absolute atomic E-state index is 12.7. The maximum Gasteiger partial charge on any atom is 0.416 e. The van der Waals surface area contributed by atoms with E-state index < -0.39 is 38.7 Å². The molecule has 0 heterocycles. The van der Waals surface area contributed by atoms with Crippen molar-refractivity contribution in [1.82, 2.24) is 0 Å². The van der Waals surface area contributed by atoms with Crippen LogP contribution in [0, 0.1) is 20.2 Å². The Hall–Kier alpha value is -3.90. The largest absolute Gasteiger partial charge is 0.500 e. The molecule has 0 spiro atoms. The molecule has 0 atom stereocenters. The van der Waals surface area contributed by atoms with Crippen molar-refractivity contribution in [1.29, 1.82) is 0 Å². The molecule has 0 aliphatic rings. The quantitative estimate of drug-likeness (QED) is 0.428. The van der Waals surface area contributed by atoms with Gasteiger partial charge in [0.05, 0.1) is 28.7 Å². The molecule has 0 aliphatic heterocycles. The number of nitrogens with zero attached hydrogens (tertiary/aromatic N) is 3. The van der Waals surface area contributed by atoms with Crippen molar-refractivity contribution in [2.75, 3.05) is 12.5 Å². The van der Waals surface area contributed by atoms with E-state index in [9.17, 15) is 38.5 Å². The Morgan fingerprint density at radius 2 is 1.79 bits per heavy atom. The molecule has 2 rings (SSSR count). The Labute approximate surface area is 154 Å². The van der Waals surface area contributed by atoms with E-state index in [4.69, 9.17) is 4.74 Å². The van der Waals surface area contributed by atoms with Gasteiger partial charge < -0.3 is 9.84 Å². The molecular formula is C15H11F3N4O6. The SMILES string of the molecule is COc1cc(/C=N/Nc2ccc(C(F)(F)F)cc2[N+](=O)[O-])cc([N+](=O)[O-])c1O. The molecule has 148 valence electrons. The fourth-order valence-electron chi connectivity index (χ4n) is 2.11. The lowest BCUT2D eigenvalue weighted by Crippen LogP contribution is -2.06. The van der Waals surface area contributed by atoms with Crippen LogP contribution >= 0.6 is 0 Å². The summed E-state index contributed by atoms with van der Waals surface area (Å²) >= 11 is 0. The van der Waals surface area contributed by atoms with E-state index in [2.05, 4.69) is 10.5 Å². The van der Waals surface area contributed by atoms with E-state index in [1.165, 1.54) is 13.2 Å². The second-order valence-electron chi connectivity index (χ2n) is 5.20. The third-order valence-electron chi connectivity index (χ3n) is 3.41. The van der Waals surface area contributed by atoms with Crippen molar-refractivity contribution in [3.8, 4) is 11.5 Å². The van der Waals surface area contributed by atoms with Crippen LogP contribution in [0.5, 0.6) is 11.5 Å². The van der Waals surface area contributed by atoms with Gasteiger partial charge in [-0.15, -0.1) is 0 Å². The van der Waals surface area contributed by atoms with E-state index in [-0.39, 0.29) is 17.0 Å². The third-order valence-corrected chi connectivity index (χ3v) is 3.41. The molecule has 2 aromatic carbocycles. The summed E-state index contributed by atoms with van der Waals surface area (Å²) in [7, 11) is 1.17. The van der Waals surface area contributed by atoms with Gasteiger partial charge in [-0.2, -0.15) is 18.3 Å². The van der Waals surface area contributed by atoms with Crippen LogP contribution in [0.2, 0.25) is 0 Å². The summed E-state index contributed by atoms with van der Waals surface area (Å²) < 4.78 is 42.9. The fourth-order valence-corrected chi connectivity index (χ4v) is 2.11. The van der Waals surface area contributed by atoms with Crippen molar-refractivity contribution in [3.05, 3.63) is 61.7 Å². The van der Waals surface area contributed by atoms with Crippen LogP contribution in [-0.2, 0) is 6.18 Å². The zero-order valence-corrected chi connectivity index (χ0v) is 13.9. The summed E-state index contributed by atoms with van der Waals surface area (Å²) in [4.78, 5) is 20.1. The number of halogens is 3. The van der Waals surface area contributed by atoms with Crippen LogP contribution in [0.3, 0.4) is 0 Å². The summed E-state index contributed by atoms with van der Waals surface area (Å²) in [5, 5.41) is 35.2. The van der Waals surface area contributed by atoms with Gasteiger partial charge in [0.2, 0.25) is 5.75 Å². The highest BCUT2D eigenvalue weighted by Gasteiger charge is 2.33. The van der Waals surface area contributed by atoms with Gasteiger partial charge in [-0.05, 0) is 18.2 Å². The fraction of sp³-hybridized carbons (Fsp3) is 0.133. The van der Waals surface area contributed by atoms with Crippen LogP contribution < -0.4 is 10.2 Å². The first-order valence-electron chi connectivity index (χ1n) is 7.24. The molecular weight excluding hydrogens is 389 g/mol. The van der Waals surface area contributed by atoms with Gasteiger partial charge in [-0.25, -0.2) is 0 Å². The minimum Gasteiger partial charge on any atom is -0.500 e. The summed E-state index contributed by atoms with van der Waals surface area (Å²) in [6.07, 6.45) is -3.75. The Morgan fingerprint density at radius 1 is 1.14 bits per heavy atom. The van der Waals surface area contributed by atoms with Gasteiger partial charge in [-0.1, -0.05) is 0 Å². The van der Waals surface area contributed by atoms with Crippen LogP contribution in [0.25, 0.3) is 0 Å². The number of benzene rings is 2. The second-order valence-corrected chi connectivity index (χ2v) is 5.20. The van der Waals surface area contributed by atoms with Gasteiger partial charge in [0.25, 0.3) is 5.69 Å². The molecule has 0 unspecified atom stereocenters. The topological polar surface area (TPSA) is 140 Å². The average molecular weight is 400 g/mol. The van der Waals surface area contributed by atoms with Crippen molar-refractivity contribution < 1.29 is 32.9 Å². The van der Waals surface area contributed by atoms with E-state index >= 15 is 0 Å². The first kappa shape index (κ1) is 20.4. The van der Waals surface area contributed by atoms with Gasteiger partial charge in [-0.3, -0.25) is 25.7 Å². The highest BCUT2D eigenvalue weighted by molar-refractivity contribution is 5.84. The van der Waals surface area contributed by atoms with Gasteiger partial charge in [0, 0.05) is 17.7 Å². The molecule has 2 aromatic rings. The first-order valence-corrected chi connectivity index (χ1v) is 7.24. The maximum atomic E-state index is 12.7. The molecule has 0 bridgehead atoms. The molecule has 0 fully saturated rings. The molecule has 13 heteroatoms. The lowest BCUT2D eigenvalue weighted by molar-refractivity contribution is -0.386. The second kappa shape index (κ2) is 7.77. The van der Waals surface area contributed by atoms with Crippen LogP contribution in [0.15, 0.2) is 35.4 Å². The zero-order valence-electron chi connectivity index (χ0n) is 13.9. The average Bonchev–Trinajstić information content (AvgIpc) is 2.61. The molecule has 0 aromatic heterocycles. The number of nitro benzene ring substituents is 2. The predicted molar refractivity (Wildman–Crippen MR) is 90.6 cm³/mol. The van der Waals surface area contributed by atoms with E-state index in [1.807, 2.05) is 0 Å². The van der Waals surface area contributed by atoms with Crippen LogP contribution in [-0.4, -0.2) is 28.3 Å². The lowest BCUT2D eigenvalue weighted by Gasteiger charge is -2.08. The van der Waals surface area contributed by atoms with E-state index in [0.717, 1.165) is 18.3 Å². The number of phenols is 1. The molecule has 0 saturated carbocycles. The van der Waals surface area contributed by atoms with Crippen molar-refractivity contribution in [2.45, 2.75) is 6.18 Å². The molecule has 28 heavy (non-hydrogen) atoms. The first-order chi connectivity index (χ1) is 13.0. The Morgan fingerprint density at radius 3 is 2.32 bits per heavy atom. The number of aromatic hydroxyl groups is 1. The standard InChI is InChI=1S/C15H11F3N4O6/c1-28-13-5-8(4-12(14(13)23)22(26)27)7-19-20-10-3-2-9(15(16,17)18)6-11(10)21(24)25/h2-7,20,23H,1H3/b19-7+. The highest BCUT2D eigenvalue weighted by atomic mass is 19.4. The van der Waals surface area contributed by atoms with Crippen LogP contribution in [0.1, 0.15) is 11.1 Å². The Kier molecular flexibility index (Phi) is 5.67. The summed E-state index contributed by atoms with van der Waals surface area (Å²) in [6, 6.07) is 3.99. The minimum absolute atomic E-state index is 0.0865. The Bertz CT molecular complexity index is 962. The number of alkyl halides is 3. The highest BCUT2D eigenvalue weighted by Crippen LogP contribution is 2.37. The lowest BCUT2D eigenvalue weighted by atomic mass is 10.1. The molecule has 0 radical (unpaired) electrons. The smallest absolute Gasteiger partial charge is 0.416 e. The van der Waals surface area contributed by atoms with Gasteiger partial charge >= 0.3 is 11.9 Å². The summed E-state index contributed by atoms with van der Waals surface area (Å²) in [5.41, 5.74) is -0.755. The zero-order chi connectivity index (χ0) is 21.1. The number of methoxy groups -OCH3 is 1. The molecule has 2 N–H and O–H groups in total. The van der Waals surface area contributed by atoms with E-state index in [0.29, 0.717) is 12.1 Å². The number of rotatable bonds is 6. The van der Waals surface area contributed by atoms with Crippen molar-refractivity contribution in [2.24, 2.45) is 5.10 Å². The van der Waals surface area contributed by atoms with Gasteiger partial charge in [0.15, 0.2) is 5.75 Å². The summed E-state index contributed by atoms with van der Waals surface area (Å²) in [6.45, 7) is 0. The summed E-state index contributed by atoms with van der Waals surface area (Å²) in [5.74, 6) is -0.910. The third kappa shape index (κ3) is 4.44. The number of hydrazone groups is 1. The number of phenolic OH excluding ortho intramolecular Hbond substituents is 1. The van der Waals surface area contributed by atoms with Gasteiger partial charge in [0.1, 0.15) is 5.69 Å². The minimum atomic E-state index is -4.76. The molecule has 0 aliphatic carbocycles. The number of hydrogen-bond acceptors (Lipinski definition) is 8.